The Kier molecular flexibility index (Phi) is 6.90. The topological polar surface area (TPSA) is 9.23 Å². The van der Waals surface area contributed by atoms with E-state index in [0.717, 1.165) is 18.5 Å². The van der Waals surface area contributed by atoms with Gasteiger partial charge in [-0.25, -0.2) is 0 Å². The lowest BCUT2D eigenvalue weighted by molar-refractivity contribution is 0.338. The van der Waals surface area contributed by atoms with Crippen molar-refractivity contribution in [2.45, 2.75) is 13.3 Å². The van der Waals surface area contributed by atoms with Crippen molar-refractivity contribution in [1.82, 2.24) is 0 Å². The molecule has 0 aliphatic carbocycles. The number of hydrogen-bond acceptors (Lipinski definition) is 1. The van der Waals surface area contributed by atoms with E-state index < -0.39 is 0 Å². The van der Waals surface area contributed by atoms with Gasteiger partial charge in [-0.05, 0) is 6.42 Å². The molecule has 0 aromatic rings. The van der Waals surface area contributed by atoms with E-state index in [0.29, 0.717) is 0 Å². The summed E-state index contributed by atoms with van der Waals surface area (Å²) in [5.74, 6) is 0. The zero-order chi connectivity index (χ0) is 5.54. The Morgan fingerprint density at radius 2 is 2.43 bits per heavy atom. The Morgan fingerprint density at radius 3 is 2.86 bits per heavy atom. The van der Waals surface area contributed by atoms with Crippen LogP contribution in [0.2, 0.25) is 0 Å². The highest BCUT2D eigenvalue weighted by Crippen LogP contribution is 1.78. The van der Waals surface area contributed by atoms with Crippen LogP contribution in [0, 0.1) is 0 Å². The minimum absolute atomic E-state index is 0.324. The van der Waals surface area contributed by atoms with Crippen LogP contribution in [0.4, 0.5) is 0 Å². The Bertz CT molecular complexity index is 30.9. The van der Waals surface area contributed by atoms with Gasteiger partial charge >= 0.3 is 0 Å². The van der Waals surface area contributed by atoms with Crippen LogP contribution in [0.3, 0.4) is 0 Å². The molecule has 7 heavy (non-hydrogen) atoms. The van der Waals surface area contributed by atoms with Crippen LogP contribution in [0.25, 0.3) is 0 Å². The van der Waals surface area contributed by atoms with Gasteiger partial charge in [0.15, 0.2) is 9.76 Å². The summed E-state index contributed by atoms with van der Waals surface area (Å²) in [6, 6.07) is 0. The molecule has 0 unspecified atom stereocenters. The molecule has 0 atom stereocenters. The summed E-state index contributed by atoms with van der Waals surface area (Å²) in [5.41, 5.74) is 0.750. The molecule has 0 N–H and O–H groups in total. The van der Waals surface area contributed by atoms with Gasteiger partial charge in [0.25, 0.3) is 0 Å². The smallest absolute Gasteiger partial charge is 0.176 e. The monoisotopic (exact) mass is 138 g/mol. The first-order valence-electron chi connectivity index (χ1n) is 2.55. The fraction of sp³-hybridized carbons (Fsp3) is 1.00. The van der Waals surface area contributed by atoms with Crippen LogP contribution < -0.4 is 0 Å². The number of alkyl halides is 1. The minimum atomic E-state index is -0.324. The van der Waals surface area contributed by atoms with E-state index in [1.165, 1.54) is 0 Å². The number of halogens is 1. The van der Waals surface area contributed by atoms with Crippen molar-refractivity contribution in [3.05, 3.63) is 0 Å². The Balaban J connectivity index is 2.45. The zero-order valence-electron chi connectivity index (χ0n) is 4.61. The van der Waals surface area contributed by atoms with Gasteiger partial charge in [0.1, 0.15) is 0 Å². The minimum Gasteiger partial charge on any atom is -0.423 e. The van der Waals surface area contributed by atoms with E-state index in [1.54, 1.807) is 0 Å². The molecule has 0 saturated carbocycles. The summed E-state index contributed by atoms with van der Waals surface area (Å²) < 4.78 is 5.14. The van der Waals surface area contributed by atoms with E-state index in [2.05, 4.69) is 6.92 Å². The Hall–Kier alpha value is 0.467. The average Bonchev–Trinajstić information content (AvgIpc) is 1.69. The summed E-state index contributed by atoms with van der Waals surface area (Å²) in [7, 11) is -0.324. The van der Waals surface area contributed by atoms with Gasteiger partial charge in [-0.3, -0.25) is 0 Å². The number of rotatable bonds is 4. The van der Waals surface area contributed by atoms with Crippen molar-refractivity contribution in [2.24, 2.45) is 0 Å². The van der Waals surface area contributed by atoms with Crippen LogP contribution in [-0.4, -0.2) is 21.9 Å². The fourth-order valence-corrected chi connectivity index (χ4v) is 1.23. The first-order chi connectivity index (χ1) is 3.41. The second-order valence-electron chi connectivity index (χ2n) is 1.30. The molecule has 0 spiro atoms. The normalized spacial score (nSPS) is 11.1. The van der Waals surface area contributed by atoms with Gasteiger partial charge in [-0.1, -0.05) is 6.92 Å². The first kappa shape index (κ1) is 7.47. The average molecular weight is 139 g/mol. The summed E-state index contributed by atoms with van der Waals surface area (Å²) in [6.07, 6.45) is 1.11. The molecule has 44 valence electrons. The van der Waals surface area contributed by atoms with Crippen LogP contribution in [0.1, 0.15) is 13.3 Å². The summed E-state index contributed by atoms with van der Waals surface area (Å²) in [5, 5.41) is 0. The van der Waals surface area contributed by atoms with Crippen molar-refractivity contribution in [1.29, 1.82) is 0 Å². The lowest BCUT2D eigenvalue weighted by Gasteiger charge is -1.94. The second kappa shape index (κ2) is 6.47. The maximum Gasteiger partial charge on any atom is 0.176 e. The third kappa shape index (κ3) is 6.47. The summed E-state index contributed by atoms with van der Waals surface area (Å²) >= 11 is 5.37. The molecule has 0 aromatic heterocycles. The molecule has 3 heteroatoms. The van der Waals surface area contributed by atoms with Crippen LogP contribution in [0.5, 0.6) is 0 Å². The SMILES string of the molecule is CCCO[SiH2]CCl. The van der Waals surface area contributed by atoms with Gasteiger partial charge in [0.05, 0.1) is 0 Å². The van der Waals surface area contributed by atoms with Crippen molar-refractivity contribution in [2.75, 3.05) is 12.1 Å². The van der Waals surface area contributed by atoms with Crippen LogP contribution in [-0.2, 0) is 4.43 Å². The molecule has 0 aromatic carbocycles. The van der Waals surface area contributed by atoms with E-state index in [-0.39, 0.29) is 9.76 Å². The van der Waals surface area contributed by atoms with Crippen molar-refractivity contribution < 1.29 is 4.43 Å². The molecule has 0 rings (SSSR count). The molecule has 1 nitrogen and oxygen atoms in total. The standard InChI is InChI=1S/C4H11ClOSi/c1-2-3-6-7-4-5/h2-4,7H2,1H3. The van der Waals surface area contributed by atoms with Crippen LogP contribution in [0.15, 0.2) is 0 Å². The van der Waals surface area contributed by atoms with Gasteiger partial charge in [0.2, 0.25) is 0 Å². The molecule has 0 aliphatic rings. The summed E-state index contributed by atoms with van der Waals surface area (Å²) in [4.78, 5) is 0. The summed E-state index contributed by atoms with van der Waals surface area (Å²) in [6.45, 7) is 3.00. The third-order valence-electron chi connectivity index (χ3n) is 0.570. The molecule has 0 aliphatic heterocycles. The number of hydrogen-bond donors (Lipinski definition) is 0. The molecule has 0 saturated heterocycles. The van der Waals surface area contributed by atoms with Gasteiger partial charge < -0.3 is 4.43 Å². The van der Waals surface area contributed by atoms with E-state index in [9.17, 15) is 0 Å². The third-order valence-corrected chi connectivity index (χ3v) is 1.76. The molecular weight excluding hydrogens is 128 g/mol. The lowest BCUT2D eigenvalue weighted by atomic mass is 10.5. The van der Waals surface area contributed by atoms with E-state index in [4.69, 9.17) is 16.0 Å². The van der Waals surface area contributed by atoms with Crippen molar-refractivity contribution in [3.8, 4) is 0 Å². The molecule has 0 fully saturated rings. The molecular formula is C4H11ClOSi. The second-order valence-corrected chi connectivity index (χ2v) is 3.63. The van der Waals surface area contributed by atoms with E-state index in [1.807, 2.05) is 0 Å². The Morgan fingerprint density at radius 1 is 1.71 bits per heavy atom. The highest BCUT2D eigenvalue weighted by Gasteiger charge is 1.80. The lowest BCUT2D eigenvalue weighted by Crippen LogP contribution is -2.00. The molecule has 0 radical (unpaired) electrons. The largest absolute Gasteiger partial charge is 0.423 e. The van der Waals surface area contributed by atoms with Crippen molar-refractivity contribution in [3.63, 3.8) is 0 Å². The predicted molar refractivity (Wildman–Crippen MR) is 35.5 cm³/mol. The molecule has 0 amide bonds. The zero-order valence-corrected chi connectivity index (χ0v) is 6.78. The van der Waals surface area contributed by atoms with Crippen molar-refractivity contribution >= 4 is 21.4 Å². The highest BCUT2D eigenvalue weighted by atomic mass is 35.5. The van der Waals surface area contributed by atoms with Gasteiger partial charge in [0, 0.05) is 12.1 Å². The first-order valence-corrected chi connectivity index (χ1v) is 4.66. The molecule has 0 bridgehead atoms. The fourth-order valence-electron chi connectivity index (χ4n) is 0.301. The Labute approximate surface area is 51.9 Å². The molecule has 0 heterocycles. The van der Waals surface area contributed by atoms with Gasteiger partial charge in [-0.15, -0.1) is 11.6 Å². The van der Waals surface area contributed by atoms with E-state index >= 15 is 0 Å². The van der Waals surface area contributed by atoms with Gasteiger partial charge in [-0.2, -0.15) is 0 Å². The quantitative estimate of drug-likeness (QED) is 0.316. The predicted octanol–water partition coefficient (Wildman–Crippen LogP) is 0.693. The van der Waals surface area contributed by atoms with Crippen LogP contribution >= 0.6 is 11.6 Å². The highest BCUT2D eigenvalue weighted by molar-refractivity contribution is 6.45. The maximum atomic E-state index is 5.37. The maximum absolute atomic E-state index is 5.37.